The second-order valence-corrected chi connectivity index (χ2v) is 6.65. The Labute approximate surface area is 163 Å². The third kappa shape index (κ3) is 3.76. The van der Waals surface area contributed by atoms with Gasteiger partial charge in [0.25, 0.3) is 5.91 Å². The highest BCUT2D eigenvalue weighted by Crippen LogP contribution is 2.21. The van der Waals surface area contributed by atoms with Gasteiger partial charge in [-0.1, -0.05) is 48.5 Å². The highest BCUT2D eigenvalue weighted by atomic mass is 16.2. The maximum absolute atomic E-state index is 12.9. The lowest BCUT2D eigenvalue weighted by Gasteiger charge is -2.16. The molecule has 1 aromatic heterocycles. The number of nitrogens with one attached hydrogen (secondary N) is 1. The molecule has 6 heteroatoms. The maximum atomic E-state index is 12.9. The third-order valence-corrected chi connectivity index (χ3v) is 4.78. The lowest BCUT2D eigenvalue weighted by molar-refractivity contribution is 0.0996. The first-order chi connectivity index (χ1) is 13.7. The zero-order valence-corrected chi connectivity index (χ0v) is 15.3. The van der Waals surface area contributed by atoms with E-state index in [2.05, 4.69) is 20.2 Å². The molecule has 1 N–H and O–H groups in total. The van der Waals surface area contributed by atoms with Crippen molar-refractivity contribution in [3.63, 3.8) is 0 Å². The van der Waals surface area contributed by atoms with Gasteiger partial charge in [-0.05, 0) is 18.9 Å². The van der Waals surface area contributed by atoms with Crippen molar-refractivity contribution >= 4 is 23.3 Å². The molecule has 1 saturated heterocycles. The SMILES string of the molecule is O=C(Nc1cc(N2CCCC2)ncn1)c1ccccc1C(=O)c1ccccc1. The van der Waals surface area contributed by atoms with E-state index in [0.29, 0.717) is 22.5 Å². The molecule has 1 aliphatic rings. The first-order valence-corrected chi connectivity index (χ1v) is 9.29. The van der Waals surface area contributed by atoms with Crippen LogP contribution in [0, 0.1) is 0 Å². The van der Waals surface area contributed by atoms with E-state index in [0.717, 1.165) is 31.7 Å². The summed E-state index contributed by atoms with van der Waals surface area (Å²) >= 11 is 0. The van der Waals surface area contributed by atoms with E-state index in [1.165, 1.54) is 6.33 Å². The Bertz CT molecular complexity index is 998. The molecule has 0 radical (unpaired) electrons. The summed E-state index contributed by atoms with van der Waals surface area (Å²) < 4.78 is 0. The number of benzene rings is 2. The molecule has 4 rings (SSSR count). The van der Waals surface area contributed by atoms with Crippen molar-refractivity contribution in [2.75, 3.05) is 23.3 Å². The van der Waals surface area contributed by atoms with E-state index in [4.69, 9.17) is 0 Å². The summed E-state index contributed by atoms with van der Waals surface area (Å²) in [4.78, 5) is 36.3. The molecule has 3 aromatic rings. The molecule has 0 spiro atoms. The number of hydrogen-bond donors (Lipinski definition) is 1. The highest BCUT2D eigenvalue weighted by Gasteiger charge is 2.19. The molecule has 0 unspecified atom stereocenters. The highest BCUT2D eigenvalue weighted by molar-refractivity contribution is 6.17. The van der Waals surface area contributed by atoms with Gasteiger partial charge in [0.15, 0.2) is 5.78 Å². The molecule has 1 aliphatic heterocycles. The zero-order chi connectivity index (χ0) is 19.3. The average Bonchev–Trinajstić information content (AvgIpc) is 3.29. The minimum absolute atomic E-state index is 0.188. The molecule has 1 amide bonds. The number of ketones is 1. The number of carbonyl (C=O) groups excluding carboxylic acids is 2. The summed E-state index contributed by atoms with van der Waals surface area (Å²) in [5.74, 6) is 0.665. The zero-order valence-electron chi connectivity index (χ0n) is 15.3. The molecule has 0 bridgehead atoms. The van der Waals surface area contributed by atoms with Crippen molar-refractivity contribution < 1.29 is 9.59 Å². The second-order valence-electron chi connectivity index (χ2n) is 6.65. The molecule has 2 aromatic carbocycles. The van der Waals surface area contributed by atoms with Gasteiger partial charge >= 0.3 is 0 Å². The van der Waals surface area contributed by atoms with Gasteiger partial charge in [0.05, 0.1) is 5.56 Å². The van der Waals surface area contributed by atoms with Gasteiger partial charge in [-0.25, -0.2) is 9.97 Å². The number of anilines is 2. The summed E-state index contributed by atoms with van der Waals surface area (Å²) in [5, 5.41) is 2.80. The average molecular weight is 372 g/mol. The van der Waals surface area contributed by atoms with Crippen LogP contribution < -0.4 is 10.2 Å². The summed E-state index contributed by atoms with van der Waals surface area (Å²) in [6.45, 7) is 1.91. The van der Waals surface area contributed by atoms with E-state index in [-0.39, 0.29) is 11.7 Å². The number of nitrogens with zero attached hydrogens (tertiary/aromatic N) is 3. The Morgan fingerprint density at radius 3 is 2.29 bits per heavy atom. The molecule has 2 heterocycles. The molecule has 0 saturated carbocycles. The summed E-state index contributed by atoms with van der Waals surface area (Å²) in [6, 6.07) is 17.5. The predicted octanol–water partition coefficient (Wildman–Crippen LogP) is 3.56. The normalized spacial score (nSPS) is 13.4. The predicted molar refractivity (Wildman–Crippen MR) is 108 cm³/mol. The summed E-state index contributed by atoms with van der Waals surface area (Å²) in [6.07, 6.45) is 3.73. The van der Waals surface area contributed by atoms with Crippen LogP contribution in [-0.4, -0.2) is 34.7 Å². The maximum Gasteiger partial charge on any atom is 0.257 e. The standard InChI is InChI=1S/C22H20N4O2/c27-21(16-8-2-1-3-9-16)17-10-4-5-11-18(17)22(28)25-19-14-20(24-15-23-19)26-12-6-7-13-26/h1-5,8-11,14-15H,6-7,12-13H2,(H,23,24,25,28). The molecular weight excluding hydrogens is 352 g/mol. The van der Waals surface area contributed by atoms with Crippen LogP contribution in [0.15, 0.2) is 67.0 Å². The Balaban J connectivity index is 1.58. The molecule has 0 atom stereocenters. The lowest BCUT2D eigenvalue weighted by atomic mass is 9.98. The van der Waals surface area contributed by atoms with Crippen molar-refractivity contribution in [2.45, 2.75) is 12.8 Å². The number of rotatable bonds is 5. The Morgan fingerprint density at radius 1 is 0.857 bits per heavy atom. The van der Waals surface area contributed by atoms with Crippen molar-refractivity contribution in [1.82, 2.24) is 9.97 Å². The van der Waals surface area contributed by atoms with Crippen molar-refractivity contribution in [3.05, 3.63) is 83.7 Å². The van der Waals surface area contributed by atoms with Crippen LogP contribution in [0.3, 0.4) is 0 Å². The second kappa shape index (κ2) is 8.00. The fraction of sp³-hybridized carbons (Fsp3) is 0.182. The van der Waals surface area contributed by atoms with Gasteiger partial charge in [-0.15, -0.1) is 0 Å². The van der Waals surface area contributed by atoms with Crippen molar-refractivity contribution in [3.8, 4) is 0 Å². The quantitative estimate of drug-likeness (QED) is 0.693. The first kappa shape index (κ1) is 17.9. The van der Waals surface area contributed by atoms with Gasteiger partial charge in [0.2, 0.25) is 0 Å². The minimum Gasteiger partial charge on any atom is -0.356 e. The molecule has 1 fully saturated rings. The fourth-order valence-electron chi connectivity index (χ4n) is 3.34. The van der Waals surface area contributed by atoms with Crippen molar-refractivity contribution in [2.24, 2.45) is 0 Å². The number of aromatic nitrogens is 2. The van der Waals surface area contributed by atoms with Crippen LogP contribution in [0.5, 0.6) is 0 Å². The van der Waals surface area contributed by atoms with Gasteiger partial charge in [-0.3, -0.25) is 9.59 Å². The Morgan fingerprint density at radius 2 is 1.54 bits per heavy atom. The lowest BCUT2D eigenvalue weighted by Crippen LogP contribution is -2.21. The molecule has 6 nitrogen and oxygen atoms in total. The Hall–Kier alpha value is -3.54. The van der Waals surface area contributed by atoms with E-state index in [1.807, 2.05) is 6.07 Å². The van der Waals surface area contributed by atoms with Crippen LogP contribution >= 0.6 is 0 Å². The monoisotopic (exact) mass is 372 g/mol. The largest absolute Gasteiger partial charge is 0.356 e. The summed E-state index contributed by atoms with van der Waals surface area (Å²) in [7, 11) is 0. The van der Waals surface area contributed by atoms with Gasteiger partial charge in [0.1, 0.15) is 18.0 Å². The molecular formula is C22H20N4O2. The first-order valence-electron chi connectivity index (χ1n) is 9.29. The van der Waals surface area contributed by atoms with Gasteiger partial charge in [0, 0.05) is 30.3 Å². The van der Waals surface area contributed by atoms with Crippen LogP contribution in [0.25, 0.3) is 0 Å². The van der Waals surface area contributed by atoms with Crippen LogP contribution in [0.1, 0.15) is 39.1 Å². The van der Waals surface area contributed by atoms with Crippen molar-refractivity contribution in [1.29, 1.82) is 0 Å². The van der Waals surface area contributed by atoms with E-state index < -0.39 is 0 Å². The van der Waals surface area contributed by atoms with E-state index >= 15 is 0 Å². The van der Waals surface area contributed by atoms with Crippen LogP contribution in [0.4, 0.5) is 11.6 Å². The summed E-state index contributed by atoms with van der Waals surface area (Å²) in [5.41, 5.74) is 1.22. The Kier molecular flexibility index (Phi) is 5.10. The molecule has 28 heavy (non-hydrogen) atoms. The molecule has 140 valence electrons. The van der Waals surface area contributed by atoms with Crippen LogP contribution in [-0.2, 0) is 0 Å². The fourth-order valence-corrected chi connectivity index (χ4v) is 3.34. The molecule has 0 aliphatic carbocycles. The number of amides is 1. The minimum atomic E-state index is -0.369. The van der Waals surface area contributed by atoms with Gasteiger partial charge < -0.3 is 10.2 Å². The van der Waals surface area contributed by atoms with E-state index in [1.54, 1.807) is 54.6 Å². The van der Waals surface area contributed by atoms with Gasteiger partial charge in [-0.2, -0.15) is 0 Å². The smallest absolute Gasteiger partial charge is 0.257 e. The van der Waals surface area contributed by atoms with Crippen LogP contribution in [0.2, 0.25) is 0 Å². The number of carbonyl (C=O) groups is 2. The van der Waals surface area contributed by atoms with E-state index in [9.17, 15) is 9.59 Å². The number of hydrogen-bond acceptors (Lipinski definition) is 5. The topological polar surface area (TPSA) is 75.2 Å². The third-order valence-electron chi connectivity index (χ3n) is 4.78.